The molecule has 0 aliphatic heterocycles. The Morgan fingerprint density at radius 2 is 1.61 bits per heavy atom. The van der Waals surface area contributed by atoms with Crippen LogP contribution in [0, 0.1) is 6.92 Å². The molecule has 2 aromatic carbocycles. The highest BCUT2D eigenvalue weighted by molar-refractivity contribution is 7.71. The van der Waals surface area contributed by atoms with Gasteiger partial charge in [0.15, 0.2) is 5.90 Å². The zero-order valence-electron chi connectivity index (χ0n) is 18.8. The zero-order chi connectivity index (χ0) is 23.1. The minimum absolute atomic E-state index is 0.0129. The summed E-state index contributed by atoms with van der Waals surface area (Å²) in [6, 6.07) is 11.0. The number of rotatable bonds is 12. The lowest BCUT2D eigenvalue weighted by molar-refractivity contribution is 0.273. The fourth-order valence-electron chi connectivity index (χ4n) is 3.22. The number of hydrogen-bond acceptors (Lipinski definition) is 7. The molecule has 7 nitrogen and oxygen atoms in total. The van der Waals surface area contributed by atoms with Crippen LogP contribution >= 0.6 is 15.2 Å². The molecular weight excluding hydrogens is 438 g/mol. The number of phenols is 1. The van der Waals surface area contributed by atoms with E-state index >= 15 is 0 Å². The van der Waals surface area contributed by atoms with Crippen molar-refractivity contribution in [1.29, 1.82) is 0 Å². The van der Waals surface area contributed by atoms with Gasteiger partial charge < -0.3 is 23.2 Å². The van der Waals surface area contributed by atoms with E-state index in [1.807, 2.05) is 31.2 Å². The third-order valence-electron chi connectivity index (χ3n) is 4.94. The van der Waals surface area contributed by atoms with E-state index in [1.54, 1.807) is 12.1 Å². The van der Waals surface area contributed by atoms with E-state index in [0.717, 1.165) is 36.8 Å². The van der Waals surface area contributed by atoms with Crippen molar-refractivity contribution >= 4 is 15.2 Å². The Morgan fingerprint density at radius 3 is 2.19 bits per heavy atom. The normalized spacial score (nSPS) is 13.7. The van der Waals surface area contributed by atoms with Gasteiger partial charge in [0, 0.05) is 21.3 Å². The SMILES string of the molecule is CCCCCc1cc(O)c(-c2cccc(C)c2)c(OP(=O)(CP(=O)(OC)OC)OC)c1. The second kappa shape index (κ2) is 11.3. The summed E-state index contributed by atoms with van der Waals surface area (Å²) in [5.74, 6) is -0.350. The Balaban J connectivity index is 2.55. The quantitative estimate of drug-likeness (QED) is 0.271. The summed E-state index contributed by atoms with van der Waals surface area (Å²) in [7, 11) is -3.97. The topological polar surface area (TPSA) is 91.3 Å². The molecule has 1 unspecified atom stereocenters. The molecule has 0 fully saturated rings. The van der Waals surface area contributed by atoms with Gasteiger partial charge >= 0.3 is 15.2 Å². The molecule has 0 radical (unpaired) electrons. The van der Waals surface area contributed by atoms with E-state index in [9.17, 15) is 14.2 Å². The largest absolute Gasteiger partial charge is 0.507 e. The van der Waals surface area contributed by atoms with Crippen molar-refractivity contribution in [1.82, 2.24) is 0 Å². The molecule has 0 aliphatic rings. The van der Waals surface area contributed by atoms with E-state index in [1.165, 1.54) is 21.3 Å². The molecule has 0 aliphatic carbocycles. The predicted octanol–water partition coefficient (Wildman–Crippen LogP) is 6.76. The lowest BCUT2D eigenvalue weighted by Crippen LogP contribution is -2.05. The van der Waals surface area contributed by atoms with Gasteiger partial charge in [0.05, 0.1) is 5.56 Å². The van der Waals surface area contributed by atoms with Gasteiger partial charge in [0.1, 0.15) is 11.5 Å². The predicted molar refractivity (Wildman–Crippen MR) is 123 cm³/mol. The minimum atomic E-state index is -3.93. The molecule has 1 N–H and O–H groups in total. The Labute approximate surface area is 184 Å². The van der Waals surface area contributed by atoms with Crippen molar-refractivity contribution in [2.75, 3.05) is 27.2 Å². The van der Waals surface area contributed by atoms with Gasteiger partial charge in [-0.1, -0.05) is 49.6 Å². The standard InChI is InChI=1S/C22H32O7P2/c1-6-7-8-11-18-14-20(23)22(19-12-9-10-17(2)13-19)21(15-18)29-31(25,28-5)16-30(24,26-3)27-4/h9-10,12-15,23H,6-8,11,16H2,1-5H3. The van der Waals surface area contributed by atoms with Crippen molar-refractivity contribution in [2.45, 2.75) is 39.5 Å². The Morgan fingerprint density at radius 1 is 0.935 bits per heavy atom. The van der Waals surface area contributed by atoms with Gasteiger partial charge in [-0.15, -0.1) is 0 Å². The first-order chi connectivity index (χ1) is 14.7. The second-order valence-electron chi connectivity index (χ2n) is 7.32. The third kappa shape index (κ3) is 6.93. The summed E-state index contributed by atoms with van der Waals surface area (Å²) in [6.07, 6.45) is 3.80. The van der Waals surface area contributed by atoms with Gasteiger partial charge in [-0.25, -0.2) is 4.57 Å². The van der Waals surface area contributed by atoms with Crippen LogP contribution in [0.2, 0.25) is 0 Å². The highest BCUT2D eigenvalue weighted by Gasteiger charge is 2.38. The van der Waals surface area contributed by atoms with Crippen LogP contribution in [0.15, 0.2) is 36.4 Å². The van der Waals surface area contributed by atoms with E-state index in [-0.39, 0.29) is 11.5 Å². The molecule has 2 rings (SSSR count). The number of benzene rings is 2. The average molecular weight is 470 g/mol. The highest BCUT2D eigenvalue weighted by atomic mass is 31.2. The maximum Gasteiger partial charge on any atom is 0.391 e. The van der Waals surface area contributed by atoms with Crippen LogP contribution in [-0.2, 0) is 29.1 Å². The summed E-state index contributed by atoms with van der Waals surface area (Å²) < 4.78 is 46.8. The molecule has 0 saturated heterocycles. The molecular formula is C22H32O7P2. The van der Waals surface area contributed by atoms with E-state index in [4.69, 9.17) is 18.1 Å². The Hall–Kier alpha value is -1.62. The molecule has 0 bridgehead atoms. The minimum Gasteiger partial charge on any atom is -0.507 e. The molecule has 0 heterocycles. The van der Waals surface area contributed by atoms with Crippen molar-refractivity contribution in [3.05, 3.63) is 47.5 Å². The molecule has 31 heavy (non-hydrogen) atoms. The summed E-state index contributed by atoms with van der Waals surface area (Å²) >= 11 is 0. The fraction of sp³-hybridized carbons (Fsp3) is 0.455. The molecule has 172 valence electrons. The first kappa shape index (κ1) is 25.6. The van der Waals surface area contributed by atoms with Crippen LogP contribution in [0.4, 0.5) is 0 Å². The fourth-order valence-corrected chi connectivity index (χ4v) is 7.20. The van der Waals surface area contributed by atoms with Gasteiger partial charge in [-0.3, -0.25) is 4.57 Å². The first-order valence-electron chi connectivity index (χ1n) is 10.2. The van der Waals surface area contributed by atoms with Gasteiger partial charge in [-0.2, -0.15) is 0 Å². The van der Waals surface area contributed by atoms with E-state index < -0.39 is 21.1 Å². The number of phenolic OH excluding ortho intramolecular Hbond substituents is 1. The molecule has 0 spiro atoms. The Kier molecular flexibility index (Phi) is 9.35. The van der Waals surface area contributed by atoms with Crippen molar-refractivity contribution in [3.8, 4) is 22.6 Å². The second-order valence-corrected chi connectivity index (χ2v) is 12.2. The van der Waals surface area contributed by atoms with Crippen LogP contribution in [0.3, 0.4) is 0 Å². The smallest absolute Gasteiger partial charge is 0.391 e. The zero-order valence-corrected chi connectivity index (χ0v) is 20.6. The number of unbranched alkanes of at least 4 members (excludes halogenated alkanes) is 2. The molecule has 0 amide bonds. The van der Waals surface area contributed by atoms with Crippen LogP contribution in [-0.4, -0.2) is 32.3 Å². The van der Waals surface area contributed by atoms with Gasteiger partial charge in [-0.05, 0) is 43.0 Å². The van der Waals surface area contributed by atoms with Gasteiger partial charge in [0.2, 0.25) is 0 Å². The lowest BCUT2D eigenvalue weighted by atomic mass is 9.98. The van der Waals surface area contributed by atoms with Crippen LogP contribution in [0.25, 0.3) is 11.1 Å². The number of aryl methyl sites for hydroxylation is 2. The van der Waals surface area contributed by atoms with Crippen LogP contribution in [0.1, 0.15) is 37.3 Å². The summed E-state index contributed by atoms with van der Waals surface area (Å²) in [4.78, 5) is 0. The summed E-state index contributed by atoms with van der Waals surface area (Å²) in [5.41, 5.74) is 2.94. The van der Waals surface area contributed by atoms with Crippen molar-refractivity contribution in [3.63, 3.8) is 0 Å². The van der Waals surface area contributed by atoms with Crippen molar-refractivity contribution in [2.24, 2.45) is 0 Å². The number of aromatic hydroxyl groups is 1. The number of hydrogen-bond donors (Lipinski definition) is 1. The lowest BCUT2D eigenvalue weighted by Gasteiger charge is -2.23. The monoisotopic (exact) mass is 470 g/mol. The van der Waals surface area contributed by atoms with Gasteiger partial charge in [0.25, 0.3) is 0 Å². The Bertz CT molecular complexity index is 966. The van der Waals surface area contributed by atoms with Crippen molar-refractivity contribution < 1.29 is 32.3 Å². The molecule has 2 aromatic rings. The average Bonchev–Trinajstić information content (AvgIpc) is 2.73. The van der Waals surface area contributed by atoms with Crippen LogP contribution in [0.5, 0.6) is 11.5 Å². The molecule has 0 saturated carbocycles. The highest BCUT2D eigenvalue weighted by Crippen LogP contribution is 2.63. The molecule has 1 atom stereocenters. The van der Waals surface area contributed by atoms with E-state index in [2.05, 4.69) is 6.92 Å². The summed E-state index contributed by atoms with van der Waals surface area (Å²) in [6.45, 7) is 4.05. The van der Waals surface area contributed by atoms with E-state index in [0.29, 0.717) is 11.1 Å². The first-order valence-corrected chi connectivity index (χ1v) is 13.6. The molecule has 0 aromatic heterocycles. The van der Waals surface area contributed by atoms with Crippen LogP contribution < -0.4 is 4.52 Å². The molecule has 9 heteroatoms. The summed E-state index contributed by atoms with van der Waals surface area (Å²) in [5, 5.41) is 10.9. The maximum atomic E-state index is 13.4. The third-order valence-corrected chi connectivity index (χ3v) is 9.85. The maximum absolute atomic E-state index is 13.4.